The van der Waals surface area contributed by atoms with Crippen molar-refractivity contribution in [3.05, 3.63) is 23.8 Å². The standard InChI is InChI=1S/C20H25F2N5O4S2/c1-13(2)19(32)24-11-15-12-27(20(28)31-15)14-9-16(21)18(17(22)10-14)25-4-6-26(7-5-25)33(29,30)8-3-23/h9-10,13,15H,4-8,11-12H2,1-2H3,(H,24,32). The molecule has 13 heteroatoms. The molecule has 2 heterocycles. The van der Waals surface area contributed by atoms with E-state index in [-0.39, 0.29) is 50.0 Å². The van der Waals surface area contributed by atoms with E-state index in [0.717, 1.165) is 21.3 Å². The molecule has 1 atom stereocenters. The quantitative estimate of drug-likeness (QED) is 0.565. The Hall–Kier alpha value is -2.56. The Morgan fingerprint density at radius 2 is 1.88 bits per heavy atom. The molecule has 2 fully saturated rings. The molecule has 0 spiro atoms. The first kappa shape index (κ1) is 25.1. The molecule has 0 aromatic heterocycles. The van der Waals surface area contributed by atoms with Gasteiger partial charge in [-0.05, 0) is 0 Å². The van der Waals surface area contributed by atoms with Crippen molar-refractivity contribution in [1.82, 2.24) is 9.62 Å². The molecule has 2 saturated heterocycles. The number of nitrogens with one attached hydrogen (secondary N) is 1. The van der Waals surface area contributed by atoms with Gasteiger partial charge in [-0.1, -0.05) is 26.1 Å². The second-order valence-electron chi connectivity index (χ2n) is 8.07. The molecule has 9 nitrogen and oxygen atoms in total. The van der Waals surface area contributed by atoms with Crippen LogP contribution < -0.4 is 15.1 Å². The predicted octanol–water partition coefficient (Wildman–Crippen LogP) is 1.84. The van der Waals surface area contributed by atoms with Crippen LogP contribution in [0.3, 0.4) is 0 Å². The minimum atomic E-state index is -3.72. The third-order valence-electron chi connectivity index (χ3n) is 5.41. The van der Waals surface area contributed by atoms with Gasteiger partial charge in [-0.25, -0.2) is 22.0 Å². The van der Waals surface area contributed by atoms with Crippen LogP contribution >= 0.6 is 12.2 Å². The van der Waals surface area contributed by atoms with Gasteiger partial charge in [-0.2, -0.15) is 9.57 Å². The van der Waals surface area contributed by atoms with Gasteiger partial charge < -0.3 is 15.0 Å². The molecule has 180 valence electrons. The zero-order valence-corrected chi connectivity index (χ0v) is 19.9. The second-order valence-corrected chi connectivity index (χ2v) is 10.5. The van der Waals surface area contributed by atoms with Gasteiger partial charge in [0.05, 0.1) is 29.8 Å². The van der Waals surface area contributed by atoms with Crippen LogP contribution in [-0.4, -0.2) is 74.9 Å². The number of anilines is 2. The van der Waals surface area contributed by atoms with Crippen LogP contribution in [0, 0.1) is 28.9 Å². The van der Waals surface area contributed by atoms with E-state index in [4.69, 9.17) is 22.2 Å². The van der Waals surface area contributed by atoms with E-state index < -0.39 is 39.6 Å². The average Bonchev–Trinajstić information content (AvgIpc) is 3.12. The number of cyclic esters (lactones) is 1. The van der Waals surface area contributed by atoms with Crippen molar-refractivity contribution in [2.24, 2.45) is 5.92 Å². The number of carbonyl (C=O) groups excluding carboxylic acids is 1. The van der Waals surface area contributed by atoms with Gasteiger partial charge in [0.15, 0.2) is 17.4 Å². The van der Waals surface area contributed by atoms with Gasteiger partial charge in [0.1, 0.15) is 11.8 Å². The lowest BCUT2D eigenvalue weighted by Crippen LogP contribution is -2.49. The van der Waals surface area contributed by atoms with E-state index in [1.165, 1.54) is 4.90 Å². The van der Waals surface area contributed by atoms with Crippen LogP contribution in [0.4, 0.5) is 25.0 Å². The fourth-order valence-electron chi connectivity index (χ4n) is 3.63. The van der Waals surface area contributed by atoms with Crippen molar-refractivity contribution in [2.75, 3.05) is 54.8 Å². The molecule has 2 aliphatic heterocycles. The second kappa shape index (κ2) is 10.1. The summed E-state index contributed by atoms with van der Waals surface area (Å²) in [6, 6.07) is 3.73. The lowest BCUT2D eigenvalue weighted by atomic mass is 10.2. The third-order valence-corrected chi connectivity index (χ3v) is 7.67. The summed E-state index contributed by atoms with van der Waals surface area (Å²) in [5, 5.41) is 11.7. The van der Waals surface area contributed by atoms with Crippen LogP contribution in [0.15, 0.2) is 12.1 Å². The van der Waals surface area contributed by atoms with E-state index in [1.54, 1.807) is 6.07 Å². The van der Waals surface area contributed by atoms with Crippen LogP contribution in [0.25, 0.3) is 0 Å². The molecule has 2 aliphatic rings. The normalized spacial score (nSPS) is 19.5. The van der Waals surface area contributed by atoms with Crippen LogP contribution in [0.5, 0.6) is 0 Å². The molecule has 0 aliphatic carbocycles. The average molecular weight is 502 g/mol. The van der Waals surface area contributed by atoms with Crippen molar-refractivity contribution in [3.8, 4) is 6.07 Å². The zero-order valence-electron chi connectivity index (χ0n) is 18.3. The molecule has 1 unspecified atom stereocenters. The number of hydrogen-bond donors (Lipinski definition) is 1. The third kappa shape index (κ3) is 5.69. The van der Waals surface area contributed by atoms with Gasteiger partial charge >= 0.3 is 6.09 Å². The minimum Gasteiger partial charge on any atom is -0.442 e. The molecule has 1 aromatic rings. The van der Waals surface area contributed by atoms with Gasteiger partial charge in [0.2, 0.25) is 10.0 Å². The van der Waals surface area contributed by atoms with Crippen molar-refractivity contribution in [2.45, 2.75) is 20.0 Å². The Kier molecular flexibility index (Phi) is 7.71. The Balaban J connectivity index is 1.68. The number of sulfonamides is 1. The summed E-state index contributed by atoms with van der Waals surface area (Å²) in [6.07, 6.45) is -1.23. The Morgan fingerprint density at radius 3 is 2.42 bits per heavy atom. The highest BCUT2D eigenvalue weighted by atomic mass is 32.2. The first-order chi connectivity index (χ1) is 15.5. The fraction of sp³-hybridized carbons (Fsp3) is 0.550. The van der Waals surface area contributed by atoms with Crippen LogP contribution in [0.1, 0.15) is 13.8 Å². The summed E-state index contributed by atoms with van der Waals surface area (Å²) in [6.45, 7) is 4.41. The number of amides is 1. The predicted molar refractivity (Wildman–Crippen MR) is 123 cm³/mol. The van der Waals surface area contributed by atoms with Gasteiger partial charge in [-0.3, -0.25) is 4.90 Å². The molecular formula is C20H25F2N5O4S2. The van der Waals surface area contributed by atoms with Gasteiger partial charge in [0, 0.05) is 44.2 Å². The highest BCUT2D eigenvalue weighted by molar-refractivity contribution is 7.89. The Bertz CT molecular complexity index is 1050. The summed E-state index contributed by atoms with van der Waals surface area (Å²) in [5.41, 5.74) is -0.257. The Labute approximate surface area is 196 Å². The van der Waals surface area contributed by atoms with Crippen LogP contribution in [0.2, 0.25) is 0 Å². The summed E-state index contributed by atoms with van der Waals surface area (Å²) in [5.74, 6) is -2.24. The van der Waals surface area contributed by atoms with Crippen molar-refractivity contribution >= 4 is 44.7 Å². The van der Waals surface area contributed by atoms with E-state index in [0.29, 0.717) is 11.5 Å². The molecular weight excluding hydrogens is 476 g/mol. The first-order valence-electron chi connectivity index (χ1n) is 10.4. The maximum atomic E-state index is 14.9. The van der Waals surface area contributed by atoms with E-state index >= 15 is 0 Å². The van der Waals surface area contributed by atoms with Crippen LogP contribution in [-0.2, 0) is 14.8 Å². The van der Waals surface area contributed by atoms with Gasteiger partial charge in [-0.15, -0.1) is 0 Å². The molecule has 1 N–H and O–H groups in total. The summed E-state index contributed by atoms with van der Waals surface area (Å²) in [7, 11) is -3.72. The number of benzene rings is 1. The van der Waals surface area contributed by atoms with Crippen molar-refractivity contribution in [1.29, 1.82) is 5.26 Å². The number of nitriles is 1. The number of hydrogen-bond acceptors (Lipinski definition) is 7. The molecule has 0 bridgehead atoms. The number of thiocarbonyl (C=S) groups is 1. The van der Waals surface area contributed by atoms with E-state index in [9.17, 15) is 22.0 Å². The highest BCUT2D eigenvalue weighted by Crippen LogP contribution is 2.31. The summed E-state index contributed by atoms with van der Waals surface area (Å²) < 4.78 is 60.2. The number of ether oxygens (including phenoxy) is 1. The fourth-order valence-corrected chi connectivity index (χ4v) is 4.78. The molecule has 3 rings (SSSR count). The highest BCUT2D eigenvalue weighted by Gasteiger charge is 2.34. The monoisotopic (exact) mass is 501 g/mol. The SMILES string of the molecule is CC(C)C(=S)NCC1CN(c2cc(F)c(N3CCN(S(=O)(=O)CC#N)CC3)c(F)c2)C(=O)O1. The first-order valence-corrected chi connectivity index (χ1v) is 12.4. The molecule has 1 amide bonds. The molecule has 33 heavy (non-hydrogen) atoms. The lowest BCUT2D eigenvalue weighted by Gasteiger charge is -2.35. The number of carbonyl (C=O) groups is 1. The maximum absolute atomic E-state index is 14.9. The lowest BCUT2D eigenvalue weighted by molar-refractivity contribution is 0.143. The number of halogens is 2. The minimum absolute atomic E-state index is 0.00994. The zero-order chi connectivity index (χ0) is 24.3. The summed E-state index contributed by atoms with van der Waals surface area (Å²) in [4.78, 5) is 15.5. The van der Waals surface area contributed by atoms with E-state index in [2.05, 4.69) is 5.32 Å². The summed E-state index contributed by atoms with van der Waals surface area (Å²) >= 11 is 5.20. The van der Waals surface area contributed by atoms with Crippen molar-refractivity contribution < 1.29 is 26.7 Å². The van der Waals surface area contributed by atoms with E-state index in [1.807, 2.05) is 13.8 Å². The number of rotatable bonds is 7. The maximum Gasteiger partial charge on any atom is 0.414 e. The Morgan fingerprint density at radius 1 is 1.27 bits per heavy atom. The molecule has 1 aromatic carbocycles. The number of nitrogens with zero attached hydrogens (tertiary/aromatic N) is 4. The number of piperazine rings is 1. The molecule has 0 saturated carbocycles. The van der Waals surface area contributed by atoms with Crippen molar-refractivity contribution in [3.63, 3.8) is 0 Å². The largest absolute Gasteiger partial charge is 0.442 e. The topological polar surface area (TPSA) is 106 Å². The smallest absolute Gasteiger partial charge is 0.414 e. The molecule has 0 radical (unpaired) electrons. The van der Waals surface area contributed by atoms with Gasteiger partial charge in [0.25, 0.3) is 0 Å².